The number of nitrogens with one attached hydrogen (secondary N) is 1. The third-order valence-corrected chi connectivity index (χ3v) is 7.82. The summed E-state index contributed by atoms with van der Waals surface area (Å²) in [6.45, 7) is 12.5. The number of carbonyl (C=O) groups excluding carboxylic acids is 1. The highest BCUT2D eigenvalue weighted by Gasteiger charge is 2.25. The Labute approximate surface area is 230 Å². The van der Waals surface area contributed by atoms with Gasteiger partial charge in [-0.25, -0.2) is 9.78 Å². The van der Waals surface area contributed by atoms with E-state index in [0.717, 1.165) is 79.4 Å². The van der Waals surface area contributed by atoms with Crippen LogP contribution in [-0.4, -0.2) is 66.3 Å². The van der Waals surface area contributed by atoms with Crippen LogP contribution in [0.25, 0.3) is 22.2 Å². The molecule has 4 aromatic heterocycles. The molecule has 9 heteroatoms. The largest absolute Gasteiger partial charge is 0.337 e. The van der Waals surface area contributed by atoms with Crippen molar-refractivity contribution in [2.24, 2.45) is 13.0 Å². The van der Waals surface area contributed by atoms with E-state index in [2.05, 4.69) is 58.3 Å². The van der Waals surface area contributed by atoms with Gasteiger partial charge in [-0.1, -0.05) is 13.8 Å². The van der Waals surface area contributed by atoms with Crippen LogP contribution in [0.3, 0.4) is 0 Å². The molecule has 5 heterocycles. The molecule has 4 aromatic rings. The molecule has 5 rings (SSSR count). The molecule has 9 nitrogen and oxygen atoms in total. The zero-order chi connectivity index (χ0) is 27.5. The molecule has 0 aliphatic carbocycles. The van der Waals surface area contributed by atoms with Gasteiger partial charge in [0.05, 0.1) is 17.2 Å². The lowest BCUT2D eigenvalue weighted by molar-refractivity contribution is 0.132. The molecule has 0 radical (unpaired) electrons. The van der Waals surface area contributed by atoms with Crippen molar-refractivity contribution in [3.8, 4) is 11.1 Å². The average molecular weight is 529 g/mol. The van der Waals surface area contributed by atoms with Gasteiger partial charge in [0.15, 0.2) is 0 Å². The summed E-state index contributed by atoms with van der Waals surface area (Å²) in [5, 5.41) is 8.09. The summed E-state index contributed by atoms with van der Waals surface area (Å²) >= 11 is 0. The fourth-order valence-corrected chi connectivity index (χ4v) is 5.27. The molecule has 1 aliphatic rings. The number of rotatable bonds is 8. The molecule has 1 saturated heterocycles. The molecule has 2 amide bonds. The number of carbonyl (C=O) groups is 1. The van der Waals surface area contributed by atoms with Gasteiger partial charge in [0.1, 0.15) is 11.6 Å². The maximum atomic E-state index is 12.6. The van der Waals surface area contributed by atoms with Crippen molar-refractivity contribution in [2.45, 2.75) is 53.0 Å². The van der Waals surface area contributed by atoms with E-state index >= 15 is 0 Å². The second-order valence-corrected chi connectivity index (χ2v) is 10.8. The zero-order valence-electron chi connectivity index (χ0n) is 23.8. The quantitative estimate of drug-likeness (QED) is 0.309. The number of pyridine rings is 2. The van der Waals surface area contributed by atoms with E-state index in [9.17, 15) is 4.79 Å². The van der Waals surface area contributed by atoms with Gasteiger partial charge in [0.25, 0.3) is 0 Å². The van der Waals surface area contributed by atoms with Crippen molar-refractivity contribution in [3.63, 3.8) is 0 Å². The lowest BCUT2D eigenvalue weighted by Crippen LogP contribution is -2.46. The first-order valence-electron chi connectivity index (χ1n) is 14.1. The summed E-state index contributed by atoms with van der Waals surface area (Å²) in [4.78, 5) is 26.0. The fourth-order valence-electron chi connectivity index (χ4n) is 5.27. The minimum atomic E-state index is 0.166. The van der Waals surface area contributed by atoms with Gasteiger partial charge in [-0.3, -0.25) is 9.67 Å². The van der Waals surface area contributed by atoms with Crippen LogP contribution >= 0.6 is 0 Å². The highest BCUT2D eigenvalue weighted by atomic mass is 16.2. The normalized spacial score (nSPS) is 14.4. The Morgan fingerprint density at radius 2 is 1.82 bits per heavy atom. The minimum Gasteiger partial charge on any atom is -0.337 e. The summed E-state index contributed by atoms with van der Waals surface area (Å²) in [5.74, 6) is 2.79. The Balaban J connectivity index is 1.24. The number of aryl methyl sites for hydroxylation is 1. The molecule has 0 bridgehead atoms. The zero-order valence-corrected chi connectivity index (χ0v) is 23.8. The standard InChI is InChI=1S/C30H40N8O/c1-6-36(7-2)30(39)37-12-10-22(11-13-37)18-38-20-25(17-32-38)23-14-27-26(31-16-23)8-9-28(33-27)34-29-15-24(21(3)4)19-35(29)5/h8-9,14-17,19-22H,6-7,10-13,18H2,1-5H3,(H,33,34). The van der Waals surface area contributed by atoms with Crippen molar-refractivity contribution in [2.75, 3.05) is 31.5 Å². The molecule has 0 unspecified atom stereocenters. The molecule has 0 spiro atoms. The van der Waals surface area contributed by atoms with Crippen LogP contribution in [0.1, 0.15) is 52.0 Å². The summed E-state index contributed by atoms with van der Waals surface area (Å²) in [5.41, 5.74) is 5.02. The maximum Gasteiger partial charge on any atom is 0.319 e. The average Bonchev–Trinajstić information content (AvgIpc) is 3.56. The molecule has 1 aliphatic heterocycles. The van der Waals surface area contributed by atoms with E-state index in [0.29, 0.717) is 11.8 Å². The lowest BCUT2D eigenvalue weighted by Gasteiger charge is -2.35. The van der Waals surface area contributed by atoms with E-state index in [4.69, 9.17) is 4.98 Å². The van der Waals surface area contributed by atoms with Crippen molar-refractivity contribution < 1.29 is 4.79 Å². The van der Waals surface area contributed by atoms with E-state index in [1.807, 2.05) is 59.9 Å². The highest BCUT2D eigenvalue weighted by molar-refractivity contribution is 5.81. The van der Waals surface area contributed by atoms with Crippen molar-refractivity contribution in [1.82, 2.24) is 34.1 Å². The van der Waals surface area contributed by atoms with Crippen molar-refractivity contribution in [1.29, 1.82) is 0 Å². The first-order valence-corrected chi connectivity index (χ1v) is 14.1. The molecular formula is C30H40N8O. The highest BCUT2D eigenvalue weighted by Crippen LogP contribution is 2.27. The van der Waals surface area contributed by atoms with Crippen molar-refractivity contribution >= 4 is 28.7 Å². The summed E-state index contributed by atoms with van der Waals surface area (Å²) in [6.07, 6.45) is 10.0. The molecular weight excluding hydrogens is 488 g/mol. The number of likely N-dealkylation sites (tertiary alicyclic amines) is 1. The number of anilines is 2. The Hall–Kier alpha value is -3.88. The predicted molar refractivity (Wildman–Crippen MR) is 156 cm³/mol. The molecule has 1 fully saturated rings. The SMILES string of the molecule is CCN(CC)C(=O)N1CCC(Cn2cc(-c3cnc4ccc(Nc5cc(C(C)C)cn5C)nc4c3)cn2)CC1. The van der Waals surface area contributed by atoms with Crippen molar-refractivity contribution in [3.05, 3.63) is 54.6 Å². The smallest absolute Gasteiger partial charge is 0.319 e. The lowest BCUT2D eigenvalue weighted by atomic mass is 9.97. The summed E-state index contributed by atoms with van der Waals surface area (Å²) in [6, 6.07) is 8.39. The molecule has 0 saturated carbocycles. The molecule has 206 valence electrons. The van der Waals surface area contributed by atoms with Crippen LogP contribution in [0.5, 0.6) is 0 Å². The van der Waals surface area contributed by atoms with Crippen LogP contribution in [0.2, 0.25) is 0 Å². The first kappa shape index (κ1) is 26.7. The van der Waals surface area contributed by atoms with Crippen LogP contribution in [0, 0.1) is 5.92 Å². The van der Waals surface area contributed by atoms with Gasteiger partial charge in [-0.05, 0) is 68.4 Å². The molecule has 1 N–H and O–H groups in total. The number of hydrogen-bond donors (Lipinski definition) is 1. The van der Waals surface area contributed by atoms with Crippen LogP contribution in [0.4, 0.5) is 16.4 Å². The van der Waals surface area contributed by atoms with E-state index < -0.39 is 0 Å². The van der Waals surface area contributed by atoms with Gasteiger partial charge in [-0.15, -0.1) is 0 Å². The van der Waals surface area contributed by atoms with Crippen LogP contribution in [-0.2, 0) is 13.6 Å². The third-order valence-electron chi connectivity index (χ3n) is 7.82. The number of hydrogen-bond acceptors (Lipinski definition) is 5. The number of nitrogens with zero attached hydrogens (tertiary/aromatic N) is 7. The third kappa shape index (κ3) is 5.92. The van der Waals surface area contributed by atoms with E-state index in [1.54, 1.807) is 0 Å². The number of urea groups is 1. The fraction of sp³-hybridized carbons (Fsp3) is 0.467. The summed E-state index contributed by atoms with van der Waals surface area (Å²) < 4.78 is 4.12. The maximum absolute atomic E-state index is 12.6. The predicted octanol–water partition coefficient (Wildman–Crippen LogP) is 5.87. The molecule has 0 aromatic carbocycles. The Bertz CT molecular complexity index is 1430. The van der Waals surface area contributed by atoms with Crippen LogP contribution in [0.15, 0.2) is 49.1 Å². The van der Waals surface area contributed by atoms with E-state index in [1.165, 1.54) is 5.56 Å². The Morgan fingerprint density at radius 1 is 1.05 bits per heavy atom. The summed E-state index contributed by atoms with van der Waals surface area (Å²) in [7, 11) is 2.04. The second kappa shape index (κ2) is 11.5. The first-order chi connectivity index (χ1) is 18.8. The van der Waals surface area contributed by atoms with Crippen LogP contribution < -0.4 is 5.32 Å². The van der Waals surface area contributed by atoms with Gasteiger partial charge in [0, 0.05) is 69.5 Å². The van der Waals surface area contributed by atoms with Gasteiger partial charge in [0.2, 0.25) is 0 Å². The number of aromatic nitrogens is 5. The topological polar surface area (TPSA) is 84.1 Å². The number of fused-ring (bicyclic) bond motifs is 1. The Kier molecular flexibility index (Phi) is 7.86. The van der Waals surface area contributed by atoms with E-state index in [-0.39, 0.29) is 6.03 Å². The van der Waals surface area contributed by atoms with Gasteiger partial charge in [-0.2, -0.15) is 5.10 Å². The van der Waals surface area contributed by atoms with Gasteiger partial charge < -0.3 is 19.7 Å². The number of piperidine rings is 1. The molecule has 0 atom stereocenters. The minimum absolute atomic E-state index is 0.166. The number of amides is 2. The second-order valence-electron chi connectivity index (χ2n) is 10.8. The monoisotopic (exact) mass is 528 g/mol. The Morgan fingerprint density at radius 3 is 2.51 bits per heavy atom. The molecule has 39 heavy (non-hydrogen) atoms. The van der Waals surface area contributed by atoms with Gasteiger partial charge >= 0.3 is 6.03 Å².